The molecule has 0 saturated carbocycles. The molecular weight excluding hydrogens is 364 g/mol. The molecule has 0 spiro atoms. The number of carbonyl (C=O) groups excluding carboxylic acids is 1. The van der Waals surface area contributed by atoms with Crippen molar-refractivity contribution in [3.63, 3.8) is 0 Å². The first-order valence-electron chi connectivity index (χ1n) is 8.19. The summed E-state index contributed by atoms with van der Waals surface area (Å²) in [6.07, 6.45) is 3.73. The normalized spacial score (nSPS) is 11.7. The zero-order valence-corrected chi connectivity index (χ0v) is 15.6. The lowest BCUT2D eigenvalue weighted by molar-refractivity contribution is -0.119. The third-order valence-corrected chi connectivity index (χ3v) is 4.65. The number of rotatable bonds is 6. The van der Waals surface area contributed by atoms with Crippen LogP contribution in [0.4, 0.5) is 11.8 Å². The number of anilines is 2. The van der Waals surface area contributed by atoms with Crippen LogP contribution in [0.1, 0.15) is 24.9 Å². The molecule has 2 heterocycles. The maximum Gasteiger partial charge on any atom is 0.248 e. The highest BCUT2D eigenvalue weighted by Gasteiger charge is 2.26. The van der Waals surface area contributed by atoms with Gasteiger partial charge in [0.2, 0.25) is 11.9 Å². The molecule has 0 fully saturated rings. The van der Waals surface area contributed by atoms with E-state index in [0.29, 0.717) is 17.4 Å². The molecule has 1 aromatic carbocycles. The Morgan fingerprint density at radius 1 is 1.37 bits per heavy atom. The van der Waals surface area contributed by atoms with Gasteiger partial charge in [-0.2, -0.15) is 10.4 Å². The molecule has 3 rings (SSSR count). The molecule has 1 unspecified atom stereocenters. The van der Waals surface area contributed by atoms with Crippen molar-refractivity contribution in [3.05, 3.63) is 42.1 Å². The molecule has 0 radical (unpaired) electrons. The van der Waals surface area contributed by atoms with E-state index in [1.807, 2.05) is 43.5 Å². The van der Waals surface area contributed by atoms with Crippen molar-refractivity contribution in [2.45, 2.75) is 24.5 Å². The number of nitrogens with zero attached hydrogens (tertiary/aromatic N) is 6. The lowest BCUT2D eigenvalue weighted by Crippen LogP contribution is -2.28. The second kappa shape index (κ2) is 7.92. The van der Waals surface area contributed by atoms with Gasteiger partial charge in [-0.15, -0.1) is 10.2 Å². The van der Waals surface area contributed by atoms with Gasteiger partial charge in [-0.1, -0.05) is 36.9 Å². The minimum absolute atomic E-state index is 0.165. The number of nitrogens with two attached hydrogens (primary N) is 1. The van der Waals surface area contributed by atoms with Crippen LogP contribution in [0.25, 0.3) is 5.69 Å². The number of benzene rings is 1. The van der Waals surface area contributed by atoms with Crippen molar-refractivity contribution in [3.8, 4) is 11.8 Å². The Labute approximate surface area is 160 Å². The van der Waals surface area contributed by atoms with Crippen molar-refractivity contribution >= 4 is 29.4 Å². The lowest BCUT2D eigenvalue weighted by Gasteiger charge is -2.19. The summed E-state index contributed by atoms with van der Waals surface area (Å²) in [7, 11) is 0. The highest BCUT2D eigenvalue weighted by Crippen LogP contribution is 2.26. The van der Waals surface area contributed by atoms with Gasteiger partial charge in [0.05, 0.1) is 11.9 Å². The molecule has 0 aliphatic carbocycles. The van der Waals surface area contributed by atoms with Crippen LogP contribution in [0.5, 0.6) is 0 Å². The molecule has 27 heavy (non-hydrogen) atoms. The highest BCUT2D eigenvalue weighted by atomic mass is 32.2. The Morgan fingerprint density at radius 3 is 2.74 bits per heavy atom. The van der Waals surface area contributed by atoms with Crippen LogP contribution < -0.4 is 11.1 Å². The van der Waals surface area contributed by atoms with Crippen LogP contribution in [-0.4, -0.2) is 36.7 Å². The van der Waals surface area contributed by atoms with Gasteiger partial charge in [0.15, 0.2) is 11.0 Å². The fourth-order valence-electron chi connectivity index (χ4n) is 2.72. The van der Waals surface area contributed by atoms with Crippen LogP contribution in [0.15, 0.2) is 41.7 Å². The Balaban J connectivity index is 1.97. The van der Waals surface area contributed by atoms with E-state index in [1.165, 1.54) is 22.6 Å². The third-order valence-electron chi connectivity index (χ3n) is 4.01. The molecule has 1 amide bonds. The number of aromatic nitrogens is 5. The average molecular weight is 382 g/mol. The molecule has 138 valence electrons. The first kappa shape index (κ1) is 18.5. The predicted octanol–water partition coefficient (Wildman–Crippen LogP) is 2.23. The van der Waals surface area contributed by atoms with Crippen molar-refractivity contribution in [1.29, 1.82) is 5.26 Å². The number of carbonyl (C=O) groups is 1. The van der Waals surface area contributed by atoms with E-state index in [1.54, 1.807) is 4.57 Å². The van der Waals surface area contributed by atoms with E-state index >= 15 is 0 Å². The Kier molecular flexibility index (Phi) is 5.42. The summed E-state index contributed by atoms with van der Waals surface area (Å²) in [5, 5.41) is 24.8. The maximum absolute atomic E-state index is 13.0. The molecule has 2 aromatic heterocycles. The first-order valence-corrected chi connectivity index (χ1v) is 9.41. The van der Waals surface area contributed by atoms with E-state index in [-0.39, 0.29) is 17.4 Å². The molecule has 0 saturated heterocycles. The molecule has 0 aliphatic heterocycles. The Bertz CT molecular complexity index is 988. The minimum atomic E-state index is -0.617. The summed E-state index contributed by atoms with van der Waals surface area (Å²) < 4.78 is 3.11. The maximum atomic E-state index is 13.0. The fourth-order valence-corrected chi connectivity index (χ4v) is 3.26. The number of nitrogens with one attached hydrogen (secondary N) is 1. The van der Waals surface area contributed by atoms with Crippen LogP contribution >= 0.6 is 11.8 Å². The van der Waals surface area contributed by atoms with E-state index < -0.39 is 6.04 Å². The summed E-state index contributed by atoms with van der Waals surface area (Å²) in [4.78, 5) is 13.0. The van der Waals surface area contributed by atoms with Gasteiger partial charge in [0.1, 0.15) is 17.7 Å². The fraction of sp³-hybridized carbons (Fsp3) is 0.235. The van der Waals surface area contributed by atoms with Crippen LogP contribution in [-0.2, 0) is 4.79 Å². The third kappa shape index (κ3) is 3.50. The van der Waals surface area contributed by atoms with Gasteiger partial charge >= 0.3 is 0 Å². The molecule has 0 aliphatic rings. The van der Waals surface area contributed by atoms with Crippen LogP contribution in [0, 0.1) is 11.3 Å². The van der Waals surface area contributed by atoms with E-state index in [4.69, 9.17) is 5.73 Å². The van der Waals surface area contributed by atoms with Crippen LogP contribution in [0.2, 0.25) is 0 Å². The zero-order chi connectivity index (χ0) is 19.4. The number of para-hydroxylation sites is 1. The monoisotopic (exact) mass is 382 g/mol. The van der Waals surface area contributed by atoms with E-state index in [9.17, 15) is 10.1 Å². The summed E-state index contributed by atoms with van der Waals surface area (Å²) in [6.45, 7) is 1.87. The number of nitrogen functional groups attached to an aromatic ring is 1. The molecule has 10 heteroatoms. The minimum Gasteiger partial charge on any atom is -0.368 e. The second-order valence-corrected chi connectivity index (χ2v) is 6.37. The topological polar surface area (TPSA) is 127 Å². The smallest absolute Gasteiger partial charge is 0.248 e. The Morgan fingerprint density at radius 2 is 2.11 bits per heavy atom. The molecule has 1 atom stereocenters. The molecular formula is C17H18N8OS. The van der Waals surface area contributed by atoms with Gasteiger partial charge in [-0.25, -0.2) is 4.68 Å². The SMILES string of the molecule is CCC(C(=O)Nc1c(C#N)cnn1-c1ccccc1)n1c(N)nnc1SC. The first-order chi connectivity index (χ1) is 13.1. The van der Waals surface area contributed by atoms with Crippen molar-refractivity contribution in [2.24, 2.45) is 0 Å². The number of hydrogen-bond donors (Lipinski definition) is 2. The van der Waals surface area contributed by atoms with Gasteiger partial charge in [0.25, 0.3) is 0 Å². The largest absolute Gasteiger partial charge is 0.368 e. The number of nitriles is 1. The van der Waals surface area contributed by atoms with Gasteiger partial charge < -0.3 is 11.1 Å². The Hall–Kier alpha value is -3.32. The highest BCUT2D eigenvalue weighted by molar-refractivity contribution is 7.98. The van der Waals surface area contributed by atoms with Crippen molar-refractivity contribution in [2.75, 3.05) is 17.3 Å². The summed E-state index contributed by atoms with van der Waals surface area (Å²) in [6, 6.07) is 10.7. The molecule has 3 aromatic rings. The molecule has 9 nitrogen and oxygen atoms in total. The summed E-state index contributed by atoms with van der Waals surface area (Å²) >= 11 is 1.35. The number of thioether (sulfide) groups is 1. The number of amides is 1. The lowest BCUT2D eigenvalue weighted by atomic mass is 10.2. The van der Waals surface area contributed by atoms with Gasteiger partial charge in [0, 0.05) is 0 Å². The molecule has 3 N–H and O–H groups in total. The zero-order valence-electron chi connectivity index (χ0n) is 14.8. The average Bonchev–Trinajstić information content (AvgIpc) is 3.26. The van der Waals surface area contributed by atoms with Gasteiger partial charge in [-0.05, 0) is 24.8 Å². The van der Waals surface area contributed by atoms with E-state index in [2.05, 4.69) is 26.7 Å². The molecule has 0 bridgehead atoms. The van der Waals surface area contributed by atoms with Crippen LogP contribution in [0.3, 0.4) is 0 Å². The standard InChI is InChI=1S/C17H18N8OS/c1-3-13(24-16(19)22-23-17(24)27-2)15(26)21-14-11(9-18)10-20-25(14)12-7-5-4-6-8-12/h4-8,10,13H,3H2,1-2H3,(H2,19,22)(H,21,26). The predicted molar refractivity (Wildman–Crippen MR) is 102 cm³/mol. The summed E-state index contributed by atoms with van der Waals surface area (Å²) in [5.74, 6) is 0.149. The second-order valence-electron chi connectivity index (χ2n) is 5.59. The van der Waals surface area contributed by atoms with Gasteiger partial charge in [-0.3, -0.25) is 9.36 Å². The van der Waals surface area contributed by atoms with E-state index in [0.717, 1.165) is 5.69 Å². The van der Waals surface area contributed by atoms with Crippen molar-refractivity contribution < 1.29 is 4.79 Å². The van der Waals surface area contributed by atoms with Crippen molar-refractivity contribution in [1.82, 2.24) is 24.5 Å². The quantitative estimate of drug-likeness (QED) is 0.626. The number of hydrogen-bond acceptors (Lipinski definition) is 7. The summed E-state index contributed by atoms with van der Waals surface area (Å²) in [5.41, 5.74) is 6.91.